The molecule has 7 rings (SSSR count). The van der Waals surface area contributed by atoms with E-state index in [0.29, 0.717) is 52.4 Å². The van der Waals surface area contributed by atoms with E-state index < -0.39 is 0 Å². The molecule has 1 atom stereocenters. The highest BCUT2D eigenvalue weighted by Gasteiger charge is 2.45. The van der Waals surface area contributed by atoms with Gasteiger partial charge in [0.05, 0.1) is 16.7 Å². The number of hydrogen-bond donors (Lipinski definition) is 1. The number of hydrogen-bond acceptors (Lipinski definition) is 6. The lowest BCUT2D eigenvalue weighted by Crippen LogP contribution is -2.43. The van der Waals surface area contributed by atoms with Crippen molar-refractivity contribution < 1.29 is 9.53 Å². The zero-order valence-electron chi connectivity index (χ0n) is 25.1. The van der Waals surface area contributed by atoms with Crippen LogP contribution in [0.25, 0.3) is 32.8 Å². The van der Waals surface area contributed by atoms with E-state index in [1.807, 2.05) is 53.4 Å². The maximum atomic E-state index is 12.5. The summed E-state index contributed by atoms with van der Waals surface area (Å²) in [5, 5.41) is 17.9. The van der Waals surface area contributed by atoms with E-state index in [2.05, 4.69) is 22.9 Å². The van der Waals surface area contributed by atoms with Crippen LogP contribution >= 0.6 is 23.2 Å². The maximum Gasteiger partial charge on any atom is 0.246 e. The van der Waals surface area contributed by atoms with Gasteiger partial charge in [0.15, 0.2) is 0 Å². The average molecular weight is 641 g/mol. The molecule has 4 heterocycles. The van der Waals surface area contributed by atoms with Gasteiger partial charge in [-0.05, 0) is 86.8 Å². The van der Waals surface area contributed by atoms with Crippen LogP contribution < -0.4 is 10.1 Å². The smallest absolute Gasteiger partial charge is 0.246 e. The quantitative estimate of drug-likeness (QED) is 0.198. The second-order valence-electron chi connectivity index (χ2n) is 12.4. The summed E-state index contributed by atoms with van der Waals surface area (Å²) < 4.78 is 6.53. The normalized spacial score (nSPS) is 19.1. The van der Waals surface area contributed by atoms with E-state index in [4.69, 9.17) is 32.9 Å². The van der Waals surface area contributed by atoms with Gasteiger partial charge in [-0.1, -0.05) is 60.1 Å². The number of ether oxygens (including phenoxy) is 1. The standard InChI is InChI=1S/C36H35Cl2N5O2/c1-2-32(44)43-17-5-10-24(43)21-40-34-27-18-30(38)26(25-11-3-8-23-9-4-12-29(37)33(23)25)19-31(27)41-35(28(34)20-39)45-22-36-13-6-15-42(36)16-7-14-36/h2-4,8-9,11-12,18-19,24H,1,5-7,10,13-17,21-22H2,(H,40,41)/t24-/m0/s1. The molecule has 3 saturated heterocycles. The van der Waals surface area contributed by atoms with Crippen LogP contribution in [0.4, 0.5) is 5.69 Å². The molecule has 3 fully saturated rings. The monoisotopic (exact) mass is 639 g/mol. The predicted octanol–water partition coefficient (Wildman–Crippen LogP) is 7.83. The van der Waals surface area contributed by atoms with Crippen molar-refractivity contribution in [3.63, 3.8) is 0 Å². The average Bonchev–Trinajstić information content (AvgIpc) is 3.78. The molecule has 1 amide bonds. The van der Waals surface area contributed by atoms with E-state index in [1.54, 1.807) is 0 Å². The van der Waals surface area contributed by atoms with Crippen LogP contribution in [0.3, 0.4) is 0 Å². The lowest BCUT2D eigenvalue weighted by Gasteiger charge is -2.31. The fourth-order valence-electron chi connectivity index (χ4n) is 7.72. The topological polar surface area (TPSA) is 81.5 Å². The number of carbonyl (C=O) groups excluding carboxylic acids is 1. The van der Waals surface area contributed by atoms with Gasteiger partial charge < -0.3 is 15.0 Å². The Morgan fingerprint density at radius 1 is 1.09 bits per heavy atom. The van der Waals surface area contributed by atoms with Crippen molar-refractivity contribution in [2.45, 2.75) is 50.1 Å². The van der Waals surface area contributed by atoms with E-state index in [-0.39, 0.29) is 17.5 Å². The number of likely N-dealkylation sites (tertiary alicyclic amines) is 1. The van der Waals surface area contributed by atoms with E-state index >= 15 is 0 Å². The number of rotatable bonds is 8. The van der Waals surface area contributed by atoms with Gasteiger partial charge in [-0.2, -0.15) is 5.26 Å². The van der Waals surface area contributed by atoms with Crippen molar-refractivity contribution in [3.8, 4) is 23.1 Å². The predicted molar refractivity (Wildman–Crippen MR) is 181 cm³/mol. The van der Waals surface area contributed by atoms with E-state index in [9.17, 15) is 10.1 Å². The lowest BCUT2D eigenvalue weighted by atomic mass is 9.95. The number of nitrogens with zero attached hydrogens (tertiary/aromatic N) is 4. The van der Waals surface area contributed by atoms with Crippen molar-refractivity contribution >= 4 is 56.5 Å². The number of carbonyl (C=O) groups is 1. The molecule has 230 valence electrons. The van der Waals surface area contributed by atoms with Gasteiger partial charge in [-0.25, -0.2) is 4.98 Å². The van der Waals surface area contributed by atoms with E-state index in [0.717, 1.165) is 78.9 Å². The minimum atomic E-state index is -0.0817. The lowest BCUT2D eigenvalue weighted by molar-refractivity contribution is -0.126. The molecule has 0 spiro atoms. The first kappa shape index (κ1) is 29.9. The van der Waals surface area contributed by atoms with Crippen LogP contribution in [0.15, 0.2) is 61.2 Å². The summed E-state index contributed by atoms with van der Waals surface area (Å²) in [5.41, 5.74) is 3.32. The molecule has 0 bridgehead atoms. The minimum Gasteiger partial charge on any atom is -0.475 e. The molecule has 0 saturated carbocycles. The third kappa shape index (κ3) is 5.29. The SMILES string of the molecule is C=CC(=O)N1CCC[C@H]1CNc1c(C#N)c(OCC23CCCN2CCC3)nc2cc(-c3cccc4cccc(Cl)c34)c(Cl)cc12. The Labute approximate surface area is 273 Å². The zero-order valence-corrected chi connectivity index (χ0v) is 26.6. The van der Waals surface area contributed by atoms with Crippen LogP contribution in [0, 0.1) is 11.3 Å². The second kappa shape index (κ2) is 12.2. The third-order valence-corrected chi connectivity index (χ3v) is 10.6. The van der Waals surface area contributed by atoms with Gasteiger partial charge in [-0.15, -0.1) is 0 Å². The minimum absolute atomic E-state index is 0.00277. The molecule has 1 N–H and O–H groups in total. The Hall–Kier alpha value is -3.83. The number of amides is 1. The summed E-state index contributed by atoms with van der Waals surface area (Å²) in [7, 11) is 0. The Kier molecular flexibility index (Phi) is 8.07. The van der Waals surface area contributed by atoms with Gasteiger partial charge in [0.1, 0.15) is 18.2 Å². The van der Waals surface area contributed by atoms with Crippen LogP contribution in [0.2, 0.25) is 10.0 Å². The van der Waals surface area contributed by atoms with E-state index in [1.165, 1.54) is 6.08 Å². The van der Waals surface area contributed by atoms with Crippen molar-refractivity contribution in [3.05, 3.63) is 76.8 Å². The zero-order chi connectivity index (χ0) is 31.1. The van der Waals surface area contributed by atoms with Gasteiger partial charge in [-0.3, -0.25) is 9.69 Å². The molecule has 9 heteroatoms. The molecular formula is C36H35Cl2N5O2. The number of benzene rings is 3. The summed E-state index contributed by atoms with van der Waals surface area (Å²) in [5.74, 6) is 0.233. The molecule has 0 aliphatic carbocycles. The molecule has 0 radical (unpaired) electrons. The summed E-state index contributed by atoms with van der Waals surface area (Å²) in [4.78, 5) is 21.9. The molecule has 0 unspecified atom stereocenters. The van der Waals surface area contributed by atoms with Gasteiger partial charge in [0, 0.05) is 45.5 Å². The van der Waals surface area contributed by atoms with Crippen molar-refractivity contribution in [2.75, 3.05) is 38.1 Å². The first-order chi connectivity index (χ1) is 21.9. The van der Waals surface area contributed by atoms with Crippen LogP contribution in [-0.2, 0) is 4.79 Å². The highest BCUT2D eigenvalue weighted by molar-refractivity contribution is 6.38. The molecular weight excluding hydrogens is 605 g/mol. The number of nitriles is 1. The molecule has 3 aromatic carbocycles. The maximum absolute atomic E-state index is 12.5. The van der Waals surface area contributed by atoms with Crippen LogP contribution in [0.5, 0.6) is 5.88 Å². The number of nitrogens with one attached hydrogen (secondary N) is 1. The molecule has 1 aromatic heterocycles. The molecule has 3 aliphatic rings. The summed E-state index contributed by atoms with van der Waals surface area (Å²) >= 11 is 13.7. The van der Waals surface area contributed by atoms with Crippen molar-refractivity contribution in [1.29, 1.82) is 5.26 Å². The van der Waals surface area contributed by atoms with Gasteiger partial charge in [0.2, 0.25) is 11.8 Å². The van der Waals surface area contributed by atoms with Gasteiger partial charge >= 0.3 is 0 Å². The van der Waals surface area contributed by atoms with Crippen molar-refractivity contribution in [2.24, 2.45) is 0 Å². The summed E-state index contributed by atoms with van der Waals surface area (Å²) in [6.07, 6.45) is 7.64. The summed E-state index contributed by atoms with van der Waals surface area (Å²) in [6.45, 7) is 7.50. The van der Waals surface area contributed by atoms with Crippen LogP contribution in [0.1, 0.15) is 44.1 Å². The number of pyridine rings is 1. The third-order valence-electron chi connectivity index (χ3n) is 9.93. The number of anilines is 1. The van der Waals surface area contributed by atoms with Crippen molar-refractivity contribution in [1.82, 2.24) is 14.8 Å². The molecule has 7 nitrogen and oxygen atoms in total. The Balaban J connectivity index is 1.34. The van der Waals surface area contributed by atoms with Gasteiger partial charge in [0.25, 0.3) is 0 Å². The number of halogens is 2. The first-order valence-electron chi connectivity index (χ1n) is 15.7. The number of aromatic nitrogens is 1. The Bertz CT molecular complexity index is 1850. The first-order valence-corrected chi connectivity index (χ1v) is 16.5. The highest BCUT2D eigenvalue weighted by Crippen LogP contribution is 2.43. The molecule has 4 aromatic rings. The summed E-state index contributed by atoms with van der Waals surface area (Å²) in [6, 6.07) is 18.1. The fourth-order valence-corrected chi connectivity index (χ4v) is 8.27. The Morgan fingerprint density at radius 2 is 1.87 bits per heavy atom. The fraction of sp³-hybridized carbons (Fsp3) is 0.361. The second-order valence-corrected chi connectivity index (χ2v) is 13.2. The van der Waals surface area contributed by atoms with Crippen LogP contribution in [-0.4, -0.2) is 65.1 Å². The molecule has 3 aliphatic heterocycles. The number of fused-ring (bicyclic) bond motifs is 3. The Morgan fingerprint density at radius 3 is 2.62 bits per heavy atom. The largest absolute Gasteiger partial charge is 0.475 e. The molecule has 45 heavy (non-hydrogen) atoms. The highest BCUT2D eigenvalue weighted by atomic mass is 35.5.